The van der Waals surface area contributed by atoms with Gasteiger partial charge in [-0.25, -0.2) is 4.79 Å². The molecule has 83 heavy (non-hydrogen) atoms. The lowest BCUT2D eigenvalue weighted by atomic mass is 9.79. The van der Waals surface area contributed by atoms with E-state index < -0.39 is 40.9 Å². The molecule has 13 nitrogen and oxygen atoms in total. The number of rotatable bonds is 15. The summed E-state index contributed by atoms with van der Waals surface area (Å²) in [6.07, 6.45) is 7.87. The molecule has 5 atom stereocenters. The lowest BCUT2D eigenvalue weighted by Crippen LogP contribution is -2.48. The molecule has 2 N–H and O–H groups in total. The maximum Gasteiger partial charge on any atom is 0.340 e. The number of phenolic OH excluding ortho intramolecular Hbond substituents is 1. The first-order chi connectivity index (χ1) is 39.0. The molecule has 1 fully saturated rings. The van der Waals surface area contributed by atoms with Gasteiger partial charge in [0.15, 0.2) is 28.2 Å². The first kappa shape index (κ1) is 65.9. The number of hydrogen-bond acceptors (Lipinski definition) is 13. The lowest BCUT2D eigenvalue weighted by molar-refractivity contribution is -0.133. The topological polar surface area (TPSA) is 180 Å². The number of nitriles is 1. The zero-order valence-corrected chi connectivity index (χ0v) is 54.3. The second kappa shape index (κ2) is 27.2. The summed E-state index contributed by atoms with van der Waals surface area (Å²) in [7, 11) is -1.01. The summed E-state index contributed by atoms with van der Waals surface area (Å²) >= 11 is 0. The normalized spacial score (nSPS) is 19.2. The number of carbonyl (C=O) groups excluding carboxylic acids is 3. The molecule has 1 saturated carbocycles. The minimum Gasteiger partial charge on any atom is -0.507 e. The Bertz CT molecular complexity index is 3270. The molecule has 5 aromatic carbocycles. The number of aliphatic hydroxyl groups excluding tert-OH is 1. The van der Waals surface area contributed by atoms with Crippen LogP contribution in [0.4, 0.5) is 0 Å². The number of esters is 1. The molecule has 0 amide bonds. The number of methoxy groups -OCH3 is 2. The number of ketones is 2. The Morgan fingerprint density at radius 1 is 0.699 bits per heavy atom. The van der Waals surface area contributed by atoms with E-state index >= 15 is 0 Å². The lowest BCUT2D eigenvalue weighted by Gasteiger charge is -2.41. The number of aryl methyl sites for hydroxylation is 3. The van der Waals surface area contributed by atoms with Crippen molar-refractivity contribution >= 4 is 57.1 Å². The van der Waals surface area contributed by atoms with Crippen LogP contribution in [0.1, 0.15) is 175 Å². The predicted octanol–water partition coefficient (Wildman–Crippen LogP) is 15.7. The number of aromatic hydroxyl groups is 1. The molecule has 2 aliphatic carbocycles. The minimum absolute atomic E-state index is 0.0676. The van der Waals surface area contributed by atoms with E-state index in [2.05, 4.69) is 67.7 Å². The molecule has 5 aromatic rings. The van der Waals surface area contributed by atoms with E-state index in [9.17, 15) is 24.6 Å². The van der Waals surface area contributed by atoms with Crippen molar-refractivity contribution in [2.45, 2.75) is 195 Å². The van der Waals surface area contributed by atoms with Crippen LogP contribution in [0.2, 0.25) is 36.3 Å². The summed E-state index contributed by atoms with van der Waals surface area (Å²) in [6, 6.07) is 21.4. The number of ether oxygens (including phenoxy) is 5. The van der Waals surface area contributed by atoms with Crippen molar-refractivity contribution in [3.8, 4) is 23.3 Å². The van der Waals surface area contributed by atoms with Gasteiger partial charge in [0.2, 0.25) is 6.10 Å². The molecule has 446 valence electrons. The maximum absolute atomic E-state index is 14.2. The zero-order valence-electron chi connectivity index (χ0n) is 52.3. The summed E-state index contributed by atoms with van der Waals surface area (Å²) in [5.74, 6) is 1.11. The van der Waals surface area contributed by atoms with Crippen molar-refractivity contribution in [2.75, 3.05) is 14.2 Å². The smallest absolute Gasteiger partial charge is 0.340 e. The van der Waals surface area contributed by atoms with E-state index in [0.29, 0.717) is 53.5 Å². The molecule has 0 saturated heterocycles. The Morgan fingerprint density at radius 2 is 1.20 bits per heavy atom. The largest absolute Gasteiger partial charge is 0.507 e. The molecule has 0 radical (unpaired) electrons. The van der Waals surface area contributed by atoms with Gasteiger partial charge in [-0.15, -0.1) is 0 Å². The van der Waals surface area contributed by atoms with Gasteiger partial charge >= 0.3 is 5.97 Å². The highest BCUT2D eigenvalue weighted by Crippen LogP contribution is 2.49. The summed E-state index contributed by atoms with van der Waals surface area (Å²) in [5, 5.41) is 32.8. The van der Waals surface area contributed by atoms with Crippen LogP contribution in [-0.4, -0.2) is 76.9 Å². The number of Topliss-reactive ketones (excluding diaryl/α,β-unsaturated/α-hetero) is 2. The Hall–Kier alpha value is -6.23. The third kappa shape index (κ3) is 14.8. The Kier molecular flexibility index (Phi) is 21.6. The van der Waals surface area contributed by atoms with Gasteiger partial charge in [0.25, 0.3) is 0 Å². The van der Waals surface area contributed by atoms with Crippen molar-refractivity contribution in [1.29, 1.82) is 5.26 Å². The average Bonchev–Trinajstić information content (AvgIpc) is 3.10. The SMILES string of the molecule is C/C=C/c1c(C)cc2c(CO)c3c(c(O)c2c1C)C(=O)[C@@H](O[Si](C)(C)C(C)(C)C)C[C@@H]3OCc1ccc(OC)cc1.C/C=C/c1c(C)cc2c(c1C)C(=O)OC2C#N.COc1ccc(CO[C@@H]2CCC(=O)[C@@H](O[Si](C)(C)C(C)(C)C)C2)cc1. The first-order valence-electron chi connectivity index (χ1n) is 28.8. The summed E-state index contributed by atoms with van der Waals surface area (Å²) in [5.41, 5.74) is 10.5. The van der Waals surface area contributed by atoms with Crippen LogP contribution in [0.25, 0.3) is 22.9 Å². The van der Waals surface area contributed by atoms with Crippen LogP contribution in [-0.2, 0) is 47.7 Å². The molecule has 1 unspecified atom stereocenters. The standard InChI is InChI=1S/C34H44O6Si.C20H32O4Si.C14H13NO2/c1-10-11-24-20(2)16-25-26(18-35)30-27(39-19-22-12-14-23(38-7)15-13-22)17-28(40-41(8,9)34(4,5)6)32(36)31(30)33(37)29(25)21(24)3;1-20(2,3)25(5,6)24-19-13-17(11-12-18(19)21)23-14-15-7-9-16(22-4)10-8-15;1-4-5-10-8(2)6-11-12(7-15)17-14(16)13(11)9(10)3/h10-16,27-28,35,37H,17-19H2,1-9H3;7-10,17,19H,11-14H2,1-6H3;4-6,12H,1-3H3/b11-10+;;5-4+/t27-,28-;17-,19+;/m01./s1. The second-order valence-electron chi connectivity index (χ2n) is 25.0. The van der Waals surface area contributed by atoms with E-state index in [-0.39, 0.29) is 58.4 Å². The Labute approximate surface area is 495 Å². The van der Waals surface area contributed by atoms with Gasteiger partial charge in [-0.05, 0) is 170 Å². The van der Waals surface area contributed by atoms with Crippen molar-refractivity contribution in [3.05, 3.63) is 145 Å². The highest BCUT2D eigenvalue weighted by atomic mass is 28.4. The number of benzene rings is 5. The maximum atomic E-state index is 14.2. The van der Waals surface area contributed by atoms with Crippen LogP contribution in [0.5, 0.6) is 17.2 Å². The number of nitrogens with zero attached hydrogens (tertiary/aromatic N) is 1. The van der Waals surface area contributed by atoms with Gasteiger partial charge in [0.1, 0.15) is 35.5 Å². The van der Waals surface area contributed by atoms with E-state index in [1.165, 1.54) is 0 Å². The third-order valence-electron chi connectivity index (χ3n) is 17.3. The average molecular weight is 1170 g/mol. The number of hydrogen-bond donors (Lipinski definition) is 2. The minimum atomic E-state index is -2.34. The second-order valence-corrected chi connectivity index (χ2v) is 34.6. The quantitative estimate of drug-likeness (QED) is 0.0747. The van der Waals surface area contributed by atoms with Gasteiger partial charge in [0.05, 0.1) is 57.4 Å². The molecule has 0 spiro atoms. The number of allylic oxidation sites excluding steroid dienone is 2. The van der Waals surface area contributed by atoms with E-state index in [1.54, 1.807) is 14.2 Å². The van der Waals surface area contributed by atoms with Crippen LogP contribution in [0.3, 0.4) is 0 Å². The number of cyclic esters (lactones) is 1. The molecule has 1 heterocycles. The summed E-state index contributed by atoms with van der Waals surface area (Å²) < 4.78 is 41.1. The summed E-state index contributed by atoms with van der Waals surface area (Å²) in [4.78, 5) is 38.2. The molecule has 15 heteroatoms. The molecule has 0 aromatic heterocycles. The van der Waals surface area contributed by atoms with Crippen LogP contribution >= 0.6 is 0 Å². The molecular formula is C68H89NO12Si2. The van der Waals surface area contributed by atoms with Crippen molar-refractivity contribution in [3.63, 3.8) is 0 Å². The first-order valence-corrected chi connectivity index (χ1v) is 34.6. The van der Waals surface area contributed by atoms with Crippen molar-refractivity contribution in [1.82, 2.24) is 0 Å². The van der Waals surface area contributed by atoms with Crippen LogP contribution < -0.4 is 9.47 Å². The highest BCUT2D eigenvalue weighted by molar-refractivity contribution is 6.74. The molecule has 8 rings (SSSR count). The highest BCUT2D eigenvalue weighted by Gasteiger charge is 2.47. The molecule has 0 bridgehead atoms. The molecular weight excluding hydrogens is 1080 g/mol. The summed E-state index contributed by atoms with van der Waals surface area (Å²) in [6.45, 7) is 33.9. The van der Waals surface area contributed by atoms with Gasteiger partial charge in [-0.1, -0.05) is 96.2 Å². The Morgan fingerprint density at radius 3 is 1.70 bits per heavy atom. The van der Waals surface area contributed by atoms with E-state index in [4.69, 9.17) is 37.8 Å². The van der Waals surface area contributed by atoms with Crippen LogP contribution in [0.15, 0.2) is 72.8 Å². The van der Waals surface area contributed by atoms with Gasteiger partial charge in [-0.2, -0.15) is 5.26 Å². The number of phenols is 1. The van der Waals surface area contributed by atoms with Crippen molar-refractivity contribution in [2.24, 2.45) is 0 Å². The number of fused-ring (bicyclic) bond motifs is 3. The fourth-order valence-corrected chi connectivity index (χ4v) is 13.1. The monoisotopic (exact) mass is 1170 g/mol. The van der Waals surface area contributed by atoms with E-state index in [1.807, 2.05) is 133 Å². The molecule has 3 aliphatic rings. The Balaban J connectivity index is 0.000000222. The predicted molar refractivity (Wildman–Crippen MR) is 334 cm³/mol. The van der Waals surface area contributed by atoms with Gasteiger partial charge in [-0.3, -0.25) is 9.59 Å². The number of aliphatic hydroxyl groups is 1. The zero-order chi connectivity index (χ0) is 61.5. The van der Waals surface area contributed by atoms with Gasteiger partial charge in [0, 0.05) is 35.8 Å². The van der Waals surface area contributed by atoms with Gasteiger partial charge < -0.3 is 42.7 Å². The third-order valence-corrected chi connectivity index (χ3v) is 26.3. The van der Waals surface area contributed by atoms with Crippen LogP contribution in [0, 0.1) is 39.0 Å². The van der Waals surface area contributed by atoms with Crippen molar-refractivity contribution < 1.29 is 57.1 Å². The fraction of sp³-hybridized carbons (Fsp3) is 0.471. The number of carbonyl (C=O) groups is 3. The fourth-order valence-electron chi connectivity index (χ4n) is 10.5. The van der Waals surface area contributed by atoms with E-state index in [0.717, 1.165) is 67.8 Å². The molecule has 1 aliphatic heterocycles.